The summed E-state index contributed by atoms with van der Waals surface area (Å²) in [6, 6.07) is 8.26. The highest BCUT2D eigenvalue weighted by Gasteiger charge is 2.32. The summed E-state index contributed by atoms with van der Waals surface area (Å²) in [5.74, 6) is 0.781. The molecule has 1 aliphatic carbocycles. The molecule has 2 atom stereocenters. The van der Waals surface area contributed by atoms with E-state index in [9.17, 15) is 4.39 Å². The second kappa shape index (κ2) is 9.49. The Bertz CT molecular complexity index is 914. The van der Waals surface area contributed by atoms with Crippen LogP contribution >= 0.6 is 12.6 Å². The Morgan fingerprint density at radius 1 is 1.32 bits per heavy atom. The van der Waals surface area contributed by atoms with Crippen molar-refractivity contribution in [3.63, 3.8) is 0 Å². The topological polar surface area (TPSA) is 65.7 Å². The van der Waals surface area contributed by atoms with Crippen molar-refractivity contribution in [2.75, 3.05) is 26.2 Å². The number of thiol groups is 1. The van der Waals surface area contributed by atoms with Crippen LogP contribution in [0.2, 0.25) is 0 Å². The van der Waals surface area contributed by atoms with Crippen molar-refractivity contribution in [1.29, 1.82) is 0 Å². The summed E-state index contributed by atoms with van der Waals surface area (Å²) >= 11 is 4.78. The van der Waals surface area contributed by atoms with Crippen molar-refractivity contribution in [3.8, 4) is 0 Å². The quantitative estimate of drug-likeness (QED) is 0.512. The lowest BCUT2D eigenvalue weighted by Crippen LogP contribution is -2.49. The summed E-state index contributed by atoms with van der Waals surface area (Å²) < 4.78 is 14.2. The maximum atomic E-state index is 14.3. The summed E-state index contributed by atoms with van der Waals surface area (Å²) in [5.41, 5.74) is 9.36. The van der Waals surface area contributed by atoms with Gasteiger partial charge >= 0.3 is 0 Å². The van der Waals surface area contributed by atoms with E-state index in [1.165, 1.54) is 5.56 Å². The fourth-order valence-electron chi connectivity index (χ4n) is 4.60. The van der Waals surface area contributed by atoms with Gasteiger partial charge in [0.05, 0.1) is 24.6 Å². The molecule has 1 fully saturated rings. The van der Waals surface area contributed by atoms with Crippen LogP contribution in [0.5, 0.6) is 0 Å². The molecule has 1 saturated heterocycles. The Morgan fingerprint density at radius 2 is 2.10 bits per heavy atom. The number of hydrogen-bond acceptors (Lipinski definition) is 6. The van der Waals surface area contributed by atoms with Crippen LogP contribution in [-0.2, 0) is 6.42 Å². The molecule has 0 bridgehead atoms. The van der Waals surface area contributed by atoms with E-state index in [0.717, 1.165) is 49.4 Å². The van der Waals surface area contributed by atoms with Crippen molar-refractivity contribution in [2.24, 2.45) is 10.7 Å². The number of aliphatic imine (C=N–C) groups is 1. The van der Waals surface area contributed by atoms with Crippen molar-refractivity contribution >= 4 is 19.0 Å². The number of hydrogen-bond donors (Lipinski definition) is 4. The molecule has 3 aliphatic rings. The zero-order valence-electron chi connectivity index (χ0n) is 18.0. The average Bonchev–Trinajstić information content (AvgIpc) is 2.81. The fourth-order valence-corrected chi connectivity index (χ4v) is 4.80. The summed E-state index contributed by atoms with van der Waals surface area (Å²) in [4.78, 5) is 6.77. The molecule has 0 radical (unpaired) electrons. The number of halogens is 1. The predicted molar refractivity (Wildman–Crippen MR) is 129 cm³/mol. The van der Waals surface area contributed by atoms with Crippen LogP contribution in [0.25, 0.3) is 0 Å². The third-order valence-corrected chi connectivity index (χ3v) is 7.17. The van der Waals surface area contributed by atoms with Crippen LogP contribution in [-0.4, -0.2) is 48.2 Å². The normalized spacial score (nSPS) is 25.3. The molecule has 2 aliphatic heterocycles. The number of nitrogens with zero attached hydrogens (tertiary/aromatic N) is 2. The maximum Gasteiger partial charge on any atom is 0.128 e. The lowest BCUT2D eigenvalue weighted by molar-refractivity contribution is 0.238. The fraction of sp³-hybridized carbons (Fsp3) is 0.458. The Balaban J connectivity index is 1.58. The third kappa shape index (κ3) is 4.83. The van der Waals surface area contributed by atoms with Crippen LogP contribution in [0.3, 0.4) is 0 Å². The van der Waals surface area contributed by atoms with E-state index in [0.29, 0.717) is 13.1 Å². The lowest BCUT2D eigenvalue weighted by Gasteiger charge is -2.41. The molecule has 7 heteroatoms. The van der Waals surface area contributed by atoms with Gasteiger partial charge in [0.15, 0.2) is 0 Å². The van der Waals surface area contributed by atoms with Crippen molar-refractivity contribution < 1.29 is 4.39 Å². The van der Waals surface area contributed by atoms with E-state index in [4.69, 9.17) is 18.4 Å². The first-order valence-electron chi connectivity index (χ1n) is 11.1. The van der Waals surface area contributed by atoms with Crippen molar-refractivity contribution in [2.45, 2.75) is 42.9 Å². The molecule has 1 aromatic rings. The second-order valence-electron chi connectivity index (χ2n) is 8.52. The highest BCUT2D eigenvalue weighted by molar-refractivity contribution is 7.81. The Hall–Kier alpha value is -2.25. The van der Waals surface area contributed by atoms with Crippen LogP contribution in [0, 0.1) is 0 Å². The molecule has 5 nitrogen and oxygen atoms in total. The van der Waals surface area contributed by atoms with Gasteiger partial charge in [-0.3, -0.25) is 4.99 Å². The van der Waals surface area contributed by atoms with Gasteiger partial charge in [-0.25, -0.2) is 4.39 Å². The summed E-state index contributed by atoms with van der Waals surface area (Å²) in [6.45, 7) is 5.07. The van der Waals surface area contributed by atoms with Gasteiger partial charge in [0.1, 0.15) is 11.6 Å². The molecule has 0 spiro atoms. The predicted octanol–water partition coefficient (Wildman–Crippen LogP) is 3.24. The van der Waals surface area contributed by atoms with Gasteiger partial charge in [-0.15, -0.1) is 0 Å². The monoisotopic (exact) mass is 441 g/mol. The van der Waals surface area contributed by atoms with Crippen molar-refractivity contribution in [3.05, 3.63) is 71.0 Å². The Labute approximate surface area is 189 Å². The largest absolute Gasteiger partial charge is 0.377 e. The highest BCUT2D eigenvalue weighted by atomic mass is 32.1. The van der Waals surface area contributed by atoms with Gasteiger partial charge in [-0.05, 0) is 42.5 Å². The first-order chi connectivity index (χ1) is 15.0. The summed E-state index contributed by atoms with van der Waals surface area (Å²) in [7, 11) is 0. The van der Waals surface area contributed by atoms with E-state index < -0.39 is 0 Å². The van der Waals surface area contributed by atoms with E-state index in [1.54, 1.807) is 18.5 Å². The molecule has 1 aromatic carbocycles. The molecule has 0 saturated carbocycles. The first-order valence-corrected chi connectivity index (χ1v) is 11.5. The number of benzene rings is 1. The molecule has 31 heavy (non-hydrogen) atoms. The number of piperidine rings is 1. The molecule has 166 valence electrons. The van der Waals surface area contributed by atoms with Crippen LogP contribution in [0.1, 0.15) is 36.8 Å². The molecule has 0 aromatic heterocycles. The SMILES string of the molecule is CCc1ccccc1C1C=C(F)C=CC1NC1=C(N2CCC(S)(CN)CC2)NC=NC1. The first kappa shape index (κ1) is 22.0. The molecule has 4 N–H and O–H groups in total. The standard InChI is InChI=1S/C24H32FN5S/c1-2-17-5-3-4-6-19(17)20-13-18(25)7-8-21(20)29-22-14-27-16-28-23(22)30-11-9-24(31,15-26)10-12-30/h3-8,13,16,20-21,29,31H,2,9-12,14-15,26H2,1H3,(H,27,28). The summed E-state index contributed by atoms with van der Waals surface area (Å²) in [5, 5.41) is 7.02. The zero-order chi connectivity index (χ0) is 21.8. The van der Waals surface area contributed by atoms with Gasteiger partial charge in [-0.1, -0.05) is 37.3 Å². The average molecular weight is 442 g/mol. The lowest BCUT2D eigenvalue weighted by atomic mass is 9.84. The van der Waals surface area contributed by atoms with Gasteiger partial charge in [0, 0.05) is 30.3 Å². The van der Waals surface area contributed by atoms with Crippen molar-refractivity contribution in [1.82, 2.24) is 15.5 Å². The molecule has 4 rings (SSSR count). The molecule has 2 unspecified atom stereocenters. The number of rotatable bonds is 6. The maximum absolute atomic E-state index is 14.3. The zero-order valence-corrected chi connectivity index (χ0v) is 18.9. The minimum atomic E-state index is -0.189. The van der Waals surface area contributed by atoms with Gasteiger partial charge in [0.25, 0.3) is 0 Å². The smallest absolute Gasteiger partial charge is 0.128 e. The van der Waals surface area contributed by atoms with E-state index in [1.807, 2.05) is 18.2 Å². The third-order valence-electron chi connectivity index (χ3n) is 6.54. The van der Waals surface area contributed by atoms with Gasteiger partial charge in [0.2, 0.25) is 0 Å². The van der Waals surface area contributed by atoms with Crippen LogP contribution in [0.4, 0.5) is 4.39 Å². The van der Waals surface area contributed by atoms with E-state index in [2.05, 4.69) is 39.6 Å². The molecular weight excluding hydrogens is 409 g/mol. The van der Waals surface area contributed by atoms with Crippen LogP contribution < -0.4 is 16.4 Å². The van der Waals surface area contributed by atoms with E-state index in [-0.39, 0.29) is 22.5 Å². The number of aryl methyl sites for hydroxylation is 1. The van der Waals surface area contributed by atoms with E-state index >= 15 is 0 Å². The Kier molecular flexibility index (Phi) is 6.72. The number of nitrogens with one attached hydrogen (secondary N) is 2. The number of nitrogens with two attached hydrogens (primary N) is 1. The minimum absolute atomic E-state index is 0.0508. The Morgan fingerprint density at radius 3 is 2.84 bits per heavy atom. The summed E-state index contributed by atoms with van der Waals surface area (Å²) in [6.07, 6.45) is 9.75. The molecule has 2 heterocycles. The van der Waals surface area contributed by atoms with Gasteiger partial charge in [-0.2, -0.15) is 12.6 Å². The highest BCUT2D eigenvalue weighted by Crippen LogP contribution is 2.33. The van der Waals surface area contributed by atoms with Crippen LogP contribution in [0.15, 0.2) is 64.8 Å². The number of likely N-dealkylation sites (tertiary alicyclic amines) is 1. The number of allylic oxidation sites excluding steroid dienone is 2. The van der Waals surface area contributed by atoms with Gasteiger partial charge < -0.3 is 21.3 Å². The molecule has 0 amide bonds. The minimum Gasteiger partial charge on any atom is -0.377 e. The second-order valence-corrected chi connectivity index (χ2v) is 9.46. The molecular formula is C24H32FN5S.